The van der Waals surface area contributed by atoms with Crippen LogP contribution in [-0.4, -0.2) is 52.9 Å². The highest BCUT2D eigenvalue weighted by Gasteiger charge is 2.54. The molecule has 1 spiro atoms. The zero-order chi connectivity index (χ0) is 14.4. The molecule has 0 unspecified atom stereocenters. The van der Waals surface area contributed by atoms with E-state index in [1.807, 2.05) is 4.90 Å². The molecule has 112 valence electrons. The van der Waals surface area contributed by atoms with E-state index in [1.165, 1.54) is 19.0 Å². The SMILES string of the molecule is O=C(c1ccno1)N1CCC2(CC1)CN(CC1CC1)C2=O. The monoisotopic (exact) mass is 289 g/mol. The summed E-state index contributed by atoms with van der Waals surface area (Å²) in [6, 6.07) is 1.58. The molecule has 0 radical (unpaired) electrons. The lowest BCUT2D eigenvalue weighted by atomic mass is 9.71. The number of β-lactam (4-membered cyclic amide) rings is 1. The molecule has 2 aliphatic heterocycles. The van der Waals surface area contributed by atoms with Gasteiger partial charge in [0.05, 0.1) is 11.6 Å². The minimum absolute atomic E-state index is 0.121. The molecular formula is C15H19N3O3. The summed E-state index contributed by atoms with van der Waals surface area (Å²) < 4.78 is 4.91. The van der Waals surface area contributed by atoms with Crippen LogP contribution in [0.15, 0.2) is 16.8 Å². The van der Waals surface area contributed by atoms with Gasteiger partial charge in [-0.05, 0) is 31.6 Å². The van der Waals surface area contributed by atoms with E-state index in [0.717, 1.165) is 31.8 Å². The first kappa shape index (κ1) is 12.9. The smallest absolute Gasteiger partial charge is 0.292 e. The standard InChI is InChI=1S/C15H19N3O3/c19-13(12-3-6-16-21-12)17-7-4-15(5-8-17)10-18(14(15)20)9-11-1-2-11/h3,6,11H,1-2,4-5,7-10H2. The summed E-state index contributed by atoms with van der Waals surface area (Å²) in [5.74, 6) is 1.21. The Morgan fingerprint density at radius 2 is 2.14 bits per heavy atom. The van der Waals surface area contributed by atoms with Gasteiger partial charge in [-0.1, -0.05) is 5.16 Å². The second-order valence-electron chi connectivity index (χ2n) is 6.58. The maximum Gasteiger partial charge on any atom is 0.292 e. The predicted molar refractivity (Wildman–Crippen MR) is 73.4 cm³/mol. The molecule has 0 aromatic carbocycles. The van der Waals surface area contributed by atoms with Gasteiger partial charge in [-0.3, -0.25) is 9.59 Å². The molecule has 3 heterocycles. The fraction of sp³-hybridized carbons (Fsp3) is 0.667. The molecule has 6 heteroatoms. The Bertz CT molecular complexity index is 557. The molecule has 0 atom stereocenters. The van der Waals surface area contributed by atoms with E-state index in [1.54, 1.807) is 11.0 Å². The maximum absolute atomic E-state index is 12.4. The third-order valence-corrected chi connectivity index (χ3v) is 5.07. The highest BCUT2D eigenvalue weighted by Crippen LogP contribution is 2.44. The third-order valence-electron chi connectivity index (χ3n) is 5.07. The lowest BCUT2D eigenvalue weighted by Crippen LogP contribution is -2.65. The molecule has 21 heavy (non-hydrogen) atoms. The van der Waals surface area contributed by atoms with Crippen LogP contribution < -0.4 is 0 Å². The number of piperidine rings is 1. The lowest BCUT2D eigenvalue weighted by molar-refractivity contribution is -0.165. The van der Waals surface area contributed by atoms with Gasteiger partial charge in [0.15, 0.2) is 0 Å². The highest BCUT2D eigenvalue weighted by molar-refractivity contribution is 5.92. The van der Waals surface area contributed by atoms with Crippen LogP contribution in [0.4, 0.5) is 0 Å². The van der Waals surface area contributed by atoms with E-state index in [4.69, 9.17) is 4.52 Å². The molecule has 1 aliphatic carbocycles. The molecule has 1 aromatic rings. The van der Waals surface area contributed by atoms with Crippen LogP contribution in [0.2, 0.25) is 0 Å². The summed E-state index contributed by atoms with van der Waals surface area (Å²) in [4.78, 5) is 28.3. The van der Waals surface area contributed by atoms with Gasteiger partial charge in [0.2, 0.25) is 11.7 Å². The Balaban J connectivity index is 1.34. The Labute approximate surface area is 123 Å². The summed E-state index contributed by atoms with van der Waals surface area (Å²) in [6.07, 6.45) is 5.57. The average molecular weight is 289 g/mol. The summed E-state index contributed by atoms with van der Waals surface area (Å²) in [6.45, 7) is 3.08. The minimum atomic E-state index is -0.187. The van der Waals surface area contributed by atoms with Gasteiger partial charge in [-0.2, -0.15) is 0 Å². The first-order valence-electron chi connectivity index (χ1n) is 7.67. The van der Waals surface area contributed by atoms with Crippen molar-refractivity contribution in [2.75, 3.05) is 26.2 Å². The van der Waals surface area contributed by atoms with Gasteiger partial charge in [0.1, 0.15) is 0 Å². The normalized spacial score (nSPS) is 24.3. The van der Waals surface area contributed by atoms with Gasteiger partial charge in [0, 0.05) is 32.2 Å². The molecule has 0 bridgehead atoms. The van der Waals surface area contributed by atoms with E-state index >= 15 is 0 Å². The number of likely N-dealkylation sites (tertiary alicyclic amines) is 2. The second-order valence-corrected chi connectivity index (χ2v) is 6.58. The van der Waals surface area contributed by atoms with Crippen molar-refractivity contribution < 1.29 is 14.1 Å². The number of aromatic nitrogens is 1. The molecule has 1 aromatic heterocycles. The van der Waals surface area contributed by atoms with Crippen molar-refractivity contribution >= 4 is 11.8 Å². The van der Waals surface area contributed by atoms with Gasteiger partial charge in [0.25, 0.3) is 5.91 Å². The number of nitrogens with zero attached hydrogens (tertiary/aromatic N) is 3. The summed E-state index contributed by atoms with van der Waals surface area (Å²) >= 11 is 0. The Hall–Kier alpha value is -1.85. The Kier molecular flexibility index (Phi) is 2.80. The van der Waals surface area contributed by atoms with E-state index < -0.39 is 0 Å². The molecular weight excluding hydrogens is 270 g/mol. The van der Waals surface area contributed by atoms with Gasteiger partial charge >= 0.3 is 0 Å². The highest BCUT2D eigenvalue weighted by atomic mass is 16.5. The topological polar surface area (TPSA) is 66.7 Å². The van der Waals surface area contributed by atoms with Crippen molar-refractivity contribution in [3.05, 3.63) is 18.0 Å². The number of hydrogen-bond donors (Lipinski definition) is 0. The fourth-order valence-corrected chi connectivity index (χ4v) is 3.50. The number of rotatable bonds is 3. The van der Waals surface area contributed by atoms with Gasteiger partial charge < -0.3 is 14.3 Å². The predicted octanol–water partition coefficient (Wildman–Crippen LogP) is 1.15. The Morgan fingerprint density at radius 1 is 1.38 bits per heavy atom. The molecule has 2 saturated heterocycles. The van der Waals surface area contributed by atoms with Crippen molar-refractivity contribution in [3.63, 3.8) is 0 Å². The van der Waals surface area contributed by atoms with E-state index in [9.17, 15) is 9.59 Å². The number of carbonyl (C=O) groups is 2. The number of hydrogen-bond acceptors (Lipinski definition) is 4. The minimum Gasteiger partial charge on any atom is -0.351 e. The maximum atomic E-state index is 12.4. The van der Waals surface area contributed by atoms with Crippen molar-refractivity contribution in [1.82, 2.24) is 15.0 Å². The van der Waals surface area contributed by atoms with Gasteiger partial charge in [-0.25, -0.2) is 0 Å². The zero-order valence-electron chi connectivity index (χ0n) is 12.0. The van der Waals surface area contributed by atoms with Crippen LogP contribution in [0.1, 0.15) is 36.2 Å². The van der Waals surface area contributed by atoms with Crippen molar-refractivity contribution in [1.29, 1.82) is 0 Å². The first-order valence-corrected chi connectivity index (χ1v) is 7.67. The van der Waals surface area contributed by atoms with E-state index in [-0.39, 0.29) is 17.1 Å². The van der Waals surface area contributed by atoms with Crippen molar-refractivity contribution in [2.24, 2.45) is 11.3 Å². The Morgan fingerprint density at radius 3 is 2.71 bits per heavy atom. The van der Waals surface area contributed by atoms with Crippen molar-refractivity contribution in [3.8, 4) is 0 Å². The molecule has 0 N–H and O–H groups in total. The molecule has 4 rings (SSSR count). The van der Waals surface area contributed by atoms with Crippen LogP contribution >= 0.6 is 0 Å². The summed E-state index contributed by atoms with van der Waals surface area (Å²) in [5.41, 5.74) is -0.187. The van der Waals surface area contributed by atoms with Gasteiger partial charge in [-0.15, -0.1) is 0 Å². The summed E-state index contributed by atoms with van der Waals surface area (Å²) in [5, 5.41) is 3.57. The molecule has 6 nitrogen and oxygen atoms in total. The number of carbonyl (C=O) groups excluding carboxylic acids is 2. The summed E-state index contributed by atoms with van der Waals surface area (Å²) in [7, 11) is 0. The quantitative estimate of drug-likeness (QED) is 0.783. The van der Waals surface area contributed by atoms with Crippen LogP contribution in [-0.2, 0) is 4.79 Å². The van der Waals surface area contributed by atoms with E-state index in [0.29, 0.717) is 19.0 Å². The third kappa shape index (κ3) is 2.13. The zero-order valence-corrected chi connectivity index (χ0v) is 12.0. The van der Waals surface area contributed by atoms with Crippen LogP contribution in [0.5, 0.6) is 0 Å². The van der Waals surface area contributed by atoms with Crippen molar-refractivity contribution in [2.45, 2.75) is 25.7 Å². The largest absolute Gasteiger partial charge is 0.351 e. The van der Waals surface area contributed by atoms with E-state index in [2.05, 4.69) is 5.16 Å². The lowest BCUT2D eigenvalue weighted by Gasteiger charge is -2.52. The van der Waals surface area contributed by atoms with Crippen LogP contribution in [0.25, 0.3) is 0 Å². The molecule has 3 fully saturated rings. The molecule has 3 aliphatic rings. The first-order chi connectivity index (χ1) is 10.2. The average Bonchev–Trinajstić information content (AvgIpc) is 3.16. The fourth-order valence-electron chi connectivity index (χ4n) is 3.50. The molecule has 1 saturated carbocycles. The van der Waals surface area contributed by atoms with Crippen LogP contribution in [0.3, 0.4) is 0 Å². The number of amides is 2. The molecule has 2 amide bonds. The second kappa shape index (κ2) is 4.58. The van der Waals surface area contributed by atoms with Crippen LogP contribution in [0, 0.1) is 11.3 Å².